The van der Waals surface area contributed by atoms with Crippen molar-refractivity contribution in [2.75, 3.05) is 19.0 Å². The first kappa shape index (κ1) is 17.2. The monoisotopic (exact) mass is 237 g/mol. The van der Waals surface area contributed by atoms with Crippen LogP contribution < -0.4 is 5.73 Å². The van der Waals surface area contributed by atoms with Crippen LogP contribution in [0.25, 0.3) is 0 Å². The van der Waals surface area contributed by atoms with Crippen molar-refractivity contribution >= 4 is 39.7 Å². The maximum atomic E-state index is 10.5. The van der Waals surface area contributed by atoms with Crippen molar-refractivity contribution in [2.24, 2.45) is 5.73 Å². The van der Waals surface area contributed by atoms with Gasteiger partial charge in [0.05, 0.1) is 5.75 Å². The van der Waals surface area contributed by atoms with Gasteiger partial charge in [0.2, 0.25) is 0 Å². The summed E-state index contributed by atoms with van der Waals surface area (Å²) in [6.45, 7) is -0.571. The molecule has 0 heterocycles. The van der Waals surface area contributed by atoms with Gasteiger partial charge in [-0.3, -0.25) is 4.55 Å². The van der Waals surface area contributed by atoms with Crippen molar-refractivity contribution in [3.05, 3.63) is 0 Å². The first-order valence-corrected chi connectivity index (χ1v) is 5.40. The van der Waals surface area contributed by atoms with E-state index in [4.69, 9.17) is 20.5 Å². The molecule has 0 saturated carbocycles. The van der Waals surface area contributed by atoms with Crippen LogP contribution in [0.1, 0.15) is 12.8 Å². The zero-order chi connectivity index (χ0) is 10.5. The van der Waals surface area contributed by atoms with E-state index in [-0.39, 0.29) is 55.6 Å². The van der Waals surface area contributed by atoms with E-state index in [2.05, 4.69) is 0 Å². The fourth-order valence-corrected chi connectivity index (χ4v) is 2.09. The Labute approximate surface area is 106 Å². The van der Waals surface area contributed by atoms with Crippen LogP contribution >= 0.6 is 0 Å². The molecule has 0 atom stereocenters. The molecule has 82 valence electrons. The van der Waals surface area contributed by atoms with Gasteiger partial charge in [-0.05, 0) is 12.8 Å². The van der Waals surface area contributed by atoms with Crippen molar-refractivity contribution in [1.82, 2.24) is 0 Å². The standard InChI is InChI=1S/C6H15NO5S.Na.H/c7-6(1-3-8,2-4-9)5-13(10,11)12;;/h8-9H,1-5,7H2,(H,10,11,12);;. The normalized spacial score (nSPS) is 12.3. The summed E-state index contributed by atoms with van der Waals surface area (Å²) in [7, 11) is -4.17. The van der Waals surface area contributed by atoms with Gasteiger partial charge in [0.15, 0.2) is 0 Å². The van der Waals surface area contributed by atoms with Gasteiger partial charge < -0.3 is 15.9 Å². The fourth-order valence-electron chi connectivity index (χ4n) is 1.08. The Balaban J connectivity index is 0. The quantitative estimate of drug-likeness (QED) is 0.304. The molecule has 0 aromatic rings. The number of aliphatic hydroxyl groups is 2. The van der Waals surface area contributed by atoms with Crippen molar-refractivity contribution in [1.29, 1.82) is 0 Å². The van der Waals surface area contributed by atoms with E-state index >= 15 is 0 Å². The van der Waals surface area contributed by atoms with Crippen molar-refractivity contribution in [2.45, 2.75) is 18.4 Å². The Morgan fingerprint density at radius 2 is 1.50 bits per heavy atom. The number of hydrogen-bond donors (Lipinski definition) is 4. The van der Waals surface area contributed by atoms with Crippen LogP contribution in [-0.2, 0) is 10.1 Å². The Bertz CT molecular complexity index is 237. The molecule has 14 heavy (non-hydrogen) atoms. The average Bonchev–Trinajstić information content (AvgIpc) is 1.82. The summed E-state index contributed by atoms with van der Waals surface area (Å²) in [6, 6.07) is 0. The third-order valence-electron chi connectivity index (χ3n) is 1.69. The average molecular weight is 237 g/mol. The van der Waals surface area contributed by atoms with Gasteiger partial charge in [-0.2, -0.15) is 8.42 Å². The minimum atomic E-state index is -4.17. The van der Waals surface area contributed by atoms with E-state index < -0.39 is 21.4 Å². The SMILES string of the molecule is NC(CCO)(CCO)CS(=O)(=O)O.[NaH]. The summed E-state index contributed by atoms with van der Waals surface area (Å²) < 4.78 is 29.6. The predicted molar refractivity (Wildman–Crippen MR) is 53.9 cm³/mol. The van der Waals surface area contributed by atoms with Crippen LogP contribution in [0.2, 0.25) is 0 Å². The zero-order valence-electron chi connectivity index (χ0n) is 7.18. The molecule has 0 saturated heterocycles. The van der Waals surface area contributed by atoms with Gasteiger partial charge in [0.25, 0.3) is 10.1 Å². The molecule has 0 aromatic heterocycles. The van der Waals surface area contributed by atoms with Crippen LogP contribution in [-0.4, -0.2) is 77.2 Å². The van der Waals surface area contributed by atoms with Crippen LogP contribution in [0.5, 0.6) is 0 Å². The Hall–Kier alpha value is 0.790. The van der Waals surface area contributed by atoms with Gasteiger partial charge in [-0.25, -0.2) is 0 Å². The molecule has 0 rings (SSSR count). The van der Waals surface area contributed by atoms with Gasteiger partial charge in [0, 0.05) is 18.8 Å². The molecule has 8 heteroatoms. The molecule has 0 unspecified atom stereocenters. The molecule has 0 aliphatic carbocycles. The third-order valence-corrected chi connectivity index (χ3v) is 2.63. The molecule has 6 nitrogen and oxygen atoms in total. The van der Waals surface area contributed by atoms with Gasteiger partial charge in [0.1, 0.15) is 0 Å². The number of hydrogen-bond acceptors (Lipinski definition) is 5. The summed E-state index contributed by atoms with van der Waals surface area (Å²) >= 11 is 0. The van der Waals surface area contributed by atoms with Gasteiger partial charge in [-0.15, -0.1) is 0 Å². The molecule has 0 radical (unpaired) electrons. The molecule has 0 aliphatic rings. The number of rotatable bonds is 6. The van der Waals surface area contributed by atoms with E-state index in [0.29, 0.717) is 0 Å². The van der Waals surface area contributed by atoms with E-state index in [1.165, 1.54) is 0 Å². The second-order valence-corrected chi connectivity index (χ2v) is 4.49. The minimum absolute atomic E-state index is 0. The van der Waals surface area contributed by atoms with Crippen LogP contribution in [0.3, 0.4) is 0 Å². The van der Waals surface area contributed by atoms with Crippen molar-refractivity contribution < 1.29 is 23.2 Å². The fraction of sp³-hybridized carbons (Fsp3) is 1.00. The summed E-state index contributed by atoms with van der Waals surface area (Å²) in [5, 5.41) is 17.2. The maximum absolute atomic E-state index is 10.5. The predicted octanol–water partition coefficient (Wildman–Crippen LogP) is -2.31. The first-order chi connectivity index (χ1) is 5.83. The molecule has 0 fully saturated rings. The molecule has 5 N–H and O–H groups in total. The number of nitrogens with two attached hydrogens (primary N) is 1. The second kappa shape index (κ2) is 7.13. The van der Waals surface area contributed by atoms with E-state index in [1.807, 2.05) is 0 Å². The van der Waals surface area contributed by atoms with Crippen LogP contribution in [0.15, 0.2) is 0 Å². The van der Waals surface area contributed by atoms with Crippen molar-refractivity contribution in [3.63, 3.8) is 0 Å². The van der Waals surface area contributed by atoms with E-state index in [9.17, 15) is 8.42 Å². The third kappa shape index (κ3) is 8.13. The summed E-state index contributed by atoms with van der Waals surface area (Å²) in [6.07, 6.45) is 0.0424. The summed E-state index contributed by atoms with van der Waals surface area (Å²) in [5.41, 5.74) is 4.29. The molecule has 0 amide bonds. The zero-order valence-corrected chi connectivity index (χ0v) is 8.00. The van der Waals surface area contributed by atoms with E-state index in [0.717, 1.165) is 0 Å². The van der Waals surface area contributed by atoms with Gasteiger partial charge >= 0.3 is 29.6 Å². The van der Waals surface area contributed by atoms with Crippen LogP contribution in [0, 0.1) is 0 Å². The summed E-state index contributed by atoms with van der Waals surface area (Å²) in [5.74, 6) is -0.652. The molecular weight excluding hydrogens is 221 g/mol. The van der Waals surface area contributed by atoms with Crippen molar-refractivity contribution in [3.8, 4) is 0 Å². The van der Waals surface area contributed by atoms with Gasteiger partial charge in [-0.1, -0.05) is 0 Å². The summed E-state index contributed by atoms with van der Waals surface area (Å²) in [4.78, 5) is 0. The molecule has 0 spiro atoms. The Morgan fingerprint density at radius 1 is 1.14 bits per heavy atom. The Morgan fingerprint density at radius 3 is 1.71 bits per heavy atom. The Kier molecular flexibility index (Phi) is 8.75. The van der Waals surface area contributed by atoms with Crippen LogP contribution in [0.4, 0.5) is 0 Å². The number of aliphatic hydroxyl groups excluding tert-OH is 2. The molecule has 0 aromatic carbocycles. The molecule has 0 aliphatic heterocycles. The second-order valence-electron chi connectivity index (χ2n) is 3.04. The van der Waals surface area contributed by atoms with E-state index in [1.54, 1.807) is 0 Å². The molecular formula is C6H16NNaO5S. The first-order valence-electron chi connectivity index (χ1n) is 3.79. The topological polar surface area (TPSA) is 121 Å². The molecule has 0 bridgehead atoms.